The Bertz CT molecular complexity index is 828. The SMILES string of the molecule is CCC(=O)Nc1nccc(-c2c[nH]nc2-c2ccc(Cl)cc2)n1. The maximum Gasteiger partial charge on any atom is 0.229 e. The third-order valence-electron chi connectivity index (χ3n) is 3.26. The topological polar surface area (TPSA) is 83.6 Å². The number of amides is 1. The van der Waals surface area contributed by atoms with Crippen LogP contribution in [0.3, 0.4) is 0 Å². The largest absolute Gasteiger partial charge is 0.295 e. The average Bonchev–Trinajstić information content (AvgIpc) is 3.05. The zero-order chi connectivity index (χ0) is 16.2. The Morgan fingerprint density at radius 1 is 1.26 bits per heavy atom. The van der Waals surface area contributed by atoms with Crippen LogP contribution in [-0.2, 0) is 4.79 Å². The fourth-order valence-corrected chi connectivity index (χ4v) is 2.22. The van der Waals surface area contributed by atoms with Gasteiger partial charge < -0.3 is 0 Å². The second kappa shape index (κ2) is 6.58. The highest BCUT2D eigenvalue weighted by Gasteiger charge is 2.13. The third-order valence-corrected chi connectivity index (χ3v) is 3.51. The molecule has 2 heterocycles. The molecule has 0 aliphatic heterocycles. The van der Waals surface area contributed by atoms with E-state index in [2.05, 4.69) is 25.5 Å². The molecule has 1 amide bonds. The predicted molar refractivity (Wildman–Crippen MR) is 89.0 cm³/mol. The minimum atomic E-state index is -0.132. The lowest BCUT2D eigenvalue weighted by Crippen LogP contribution is -2.12. The van der Waals surface area contributed by atoms with Crippen LogP contribution < -0.4 is 5.32 Å². The molecule has 0 spiro atoms. The van der Waals surface area contributed by atoms with E-state index in [0.29, 0.717) is 17.1 Å². The monoisotopic (exact) mass is 327 g/mol. The van der Waals surface area contributed by atoms with Crippen LogP contribution in [0, 0.1) is 0 Å². The highest BCUT2D eigenvalue weighted by molar-refractivity contribution is 6.30. The van der Waals surface area contributed by atoms with Gasteiger partial charge in [-0.05, 0) is 18.2 Å². The van der Waals surface area contributed by atoms with Gasteiger partial charge in [0.05, 0.1) is 5.69 Å². The van der Waals surface area contributed by atoms with Crippen LogP contribution in [0.1, 0.15) is 13.3 Å². The van der Waals surface area contributed by atoms with Gasteiger partial charge in [0.1, 0.15) is 5.69 Å². The molecule has 0 saturated heterocycles. The lowest BCUT2D eigenvalue weighted by molar-refractivity contribution is -0.115. The molecule has 0 unspecified atom stereocenters. The molecule has 2 N–H and O–H groups in total. The van der Waals surface area contributed by atoms with Gasteiger partial charge in [0.25, 0.3) is 0 Å². The van der Waals surface area contributed by atoms with Crippen molar-refractivity contribution in [2.45, 2.75) is 13.3 Å². The molecular formula is C16H14ClN5O. The van der Waals surface area contributed by atoms with Gasteiger partial charge in [0.15, 0.2) is 0 Å². The molecule has 23 heavy (non-hydrogen) atoms. The van der Waals surface area contributed by atoms with Crippen molar-refractivity contribution in [1.82, 2.24) is 20.2 Å². The number of benzene rings is 1. The van der Waals surface area contributed by atoms with E-state index in [1.807, 2.05) is 24.3 Å². The zero-order valence-corrected chi connectivity index (χ0v) is 13.1. The molecule has 0 radical (unpaired) electrons. The van der Waals surface area contributed by atoms with E-state index < -0.39 is 0 Å². The van der Waals surface area contributed by atoms with Crippen LogP contribution in [0.15, 0.2) is 42.7 Å². The molecule has 0 aliphatic carbocycles. The molecular weight excluding hydrogens is 314 g/mol. The van der Waals surface area contributed by atoms with Crippen LogP contribution in [0.25, 0.3) is 22.5 Å². The fraction of sp³-hybridized carbons (Fsp3) is 0.125. The first-order valence-corrected chi connectivity index (χ1v) is 7.48. The summed E-state index contributed by atoms with van der Waals surface area (Å²) < 4.78 is 0. The molecule has 3 rings (SSSR count). The quantitative estimate of drug-likeness (QED) is 0.767. The van der Waals surface area contributed by atoms with E-state index >= 15 is 0 Å². The molecule has 1 aromatic carbocycles. The third kappa shape index (κ3) is 3.37. The van der Waals surface area contributed by atoms with Crippen LogP contribution >= 0.6 is 11.6 Å². The summed E-state index contributed by atoms with van der Waals surface area (Å²) in [6, 6.07) is 9.17. The molecule has 3 aromatic rings. The van der Waals surface area contributed by atoms with Crippen molar-refractivity contribution < 1.29 is 4.79 Å². The summed E-state index contributed by atoms with van der Waals surface area (Å²) in [5, 5.41) is 10.4. The number of hydrogen-bond acceptors (Lipinski definition) is 4. The Balaban J connectivity index is 1.97. The Labute approximate surface area is 137 Å². The minimum Gasteiger partial charge on any atom is -0.295 e. The lowest BCUT2D eigenvalue weighted by atomic mass is 10.1. The number of hydrogen-bond donors (Lipinski definition) is 2. The summed E-state index contributed by atoms with van der Waals surface area (Å²) in [5.74, 6) is 0.143. The second-order valence-electron chi connectivity index (χ2n) is 4.82. The van der Waals surface area contributed by atoms with Crippen molar-refractivity contribution in [2.75, 3.05) is 5.32 Å². The highest BCUT2D eigenvalue weighted by Crippen LogP contribution is 2.29. The summed E-state index contributed by atoms with van der Waals surface area (Å²) in [6.45, 7) is 1.77. The smallest absolute Gasteiger partial charge is 0.229 e. The first kappa shape index (κ1) is 15.2. The molecule has 116 valence electrons. The Morgan fingerprint density at radius 3 is 2.78 bits per heavy atom. The number of rotatable bonds is 4. The van der Waals surface area contributed by atoms with Crippen LogP contribution in [-0.4, -0.2) is 26.1 Å². The van der Waals surface area contributed by atoms with Gasteiger partial charge in [-0.3, -0.25) is 15.2 Å². The van der Waals surface area contributed by atoms with Crippen LogP contribution in [0.2, 0.25) is 5.02 Å². The van der Waals surface area contributed by atoms with Crippen LogP contribution in [0.5, 0.6) is 0 Å². The molecule has 7 heteroatoms. The van der Waals surface area contributed by atoms with Crippen LogP contribution in [0.4, 0.5) is 5.95 Å². The van der Waals surface area contributed by atoms with E-state index in [0.717, 1.165) is 16.8 Å². The van der Waals surface area contributed by atoms with Gasteiger partial charge in [-0.1, -0.05) is 30.7 Å². The molecule has 0 saturated carbocycles. The van der Waals surface area contributed by atoms with E-state index in [9.17, 15) is 4.79 Å². The van der Waals surface area contributed by atoms with Crippen molar-refractivity contribution >= 4 is 23.5 Å². The van der Waals surface area contributed by atoms with Gasteiger partial charge in [-0.25, -0.2) is 9.97 Å². The average molecular weight is 328 g/mol. The summed E-state index contributed by atoms with van der Waals surface area (Å²) in [7, 11) is 0. The molecule has 0 bridgehead atoms. The Kier molecular flexibility index (Phi) is 4.34. The van der Waals surface area contributed by atoms with Gasteiger partial charge in [-0.15, -0.1) is 0 Å². The van der Waals surface area contributed by atoms with Crippen molar-refractivity contribution in [3.63, 3.8) is 0 Å². The summed E-state index contributed by atoms with van der Waals surface area (Å²) in [4.78, 5) is 19.9. The van der Waals surface area contributed by atoms with E-state index in [1.165, 1.54) is 0 Å². The summed E-state index contributed by atoms with van der Waals surface area (Å²) in [5.41, 5.74) is 3.17. The minimum absolute atomic E-state index is 0.132. The van der Waals surface area contributed by atoms with Gasteiger partial charge in [0, 0.05) is 35.0 Å². The highest BCUT2D eigenvalue weighted by atomic mass is 35.5. The van der Waals surface area contributed by atoms with Gasteiger partial charge >= 0.3 is 0 Å². The molecule has 0 fully saturated rings. The fourth-order valence-electron chi connectivity index (χ4n) is 2.10. The van der Waals surface area contributed by atoms with E-state index in [4.69, 9.17) is 11.6 Å². The molecule has 0 atom stereocenters. The number of carbonyl (C=O) groups excluding carboxylic acids is 1. The number of nitrogens with one attached hydrogen (secondary N) is 2. The Morgan fingerprint density at radius 2 is 2.04 bits per heavy atom. The number of carbonyl (C=O) groups is 1. The van der Waals surface area contributed by atoms with Crippen molar-refractivity contribution in [2.24, 2.45) is 0 Å². The Hall–Kier alpha value is -2.73. The maximum atomic E-state index is 11.5. The first-order valence-electron chi connectivity index (χ1n) is 7.10. The number of H-pyrrole nitrogens is 1. The van der Waals surface area contributed by atoms with Gasteiger partial charge in [0.2, 0.25) is 11.9 Å². The number of aromatic amines is 1. The molecule has 2 aromatic heterocycles. The van der Waals surface area contributed by atoms with Crippen molar-refractivity contribution in [3.8, 4) is 22.5 Å². The maximum absolute atomic E-state index is 11.5. The number of aromatic nitrogens is 4. The van der Waals surface area contributed by atoms with Gasteiger partial charge in [-0.2, -0.15) is 5.10 Å². The molecule has 0 aliphatic rings. The number of halogens is 1. The first-order chi connectivity index (χ1) is 11.2. The summed E-state index contributed by atoms with van der Waals surface area (Å²) >= 11 is 5.92. The number of anilines is 1. The zero-order valence-electron chi connectivity index (χ0n) is 12.4. The standard InChI is InChI=1S/C16H14ClN5O/c1-2-14(23)21-16-18-8-7-13(20-16)12-9-19-22-15(12)10-3-5-11(17)6-4-10/h3-9H,2H2,1H3,(H,19,22)(H,18,20,21,23). The lowest BCUT2D eigenvalue weighted by Gasteiger charge is -2.05. The van der Waals surface area contributed by atoms with E-state index in [1.54, 1.807) is 25.4 Å². The van der Waals surface area contributed by atoms with E-state index in [-0.39, 0.29) is 11.9 Å². The molecule has 6 nitrogen and oxygen atoms in total. The second-order valence-corrected chi connectivity index (χ2v) is 5.26. The van der Waals surface area contributed by atoms with Crippen molar-refractivity contribution in [1.29, 1.82) is 0 Å². The summed E-state index contributed by atoms with van der Waals surface area (Å²) in [6.07, 6.45) is 3.74. The predicted octanol–water partition coefficient (Wildman–Crippen LogP) is 3.54. The van der Waals surface area contributed by atoms with Crippen molar-refractivity contribution in [3.05, 3.63) is 47.7 Å². The normalized spacial score (nSPS) is 10.5. The number of nitrogens with zero attached hydrogens (tertiary/aromatic N) is 3.